The maximum atomic E-state index is 11.7. The van der Waals surface area contributed by atoms with Crippen molar-refractivity contribution in [2.45, 2.75) is 13.3 Å². The molecule has 0 atom stereocenters. The predicted octanol–water partition coefficient (Wildman–Crippen LogP) is 0.701. The molecule has 2 heterocycles. The molecule has 0 aliphatic carbocycles. The van der Waals surface area contributed by atoms with Gasteiger partial charge in [-0.1, -0.05) is 0 Å². The third-order valence-electron chi connectivity index (χ3n) is 2.40. The van der Waals surface area contributed by atoms with Crippen molar-refractivity contribution in [2.24, 2.45) is 0 Å². The highest BCUT2D eigenvalue weighted by Crippen LogP contribution is 2.11. The van der Waals surface area contributed by atoms with Crippen LogP contribution in [0.5, 0.6) is 0 Å². The van der Waals surface area contributed by atoms with Gasteiger partial charge in [-0.25, -0.2) is 4.98 Å². The molecule has 0 unspecified atom stereocenters. The highest BCUT2D eigenvalue weighted by molar-refractivity contribution is 5.70. The number of H-pyrrole nitrogens is 2. The van der Waals surface area contributed by atoms with Gasteiger partial charge in [0.05, 0.1) is 12.1 Å². The van der Waals surface area contributed by atoms with Crippen molar-refractivity contribution in [3.8, 4) is 11.5 Å². The summed E-state index contributed by atoms with van der Waals surface area (Å²) < 4.78 is 0. The number of nitrogens with zero attached hydrogens (tertiary/aromatic N) is 1. The molecule has 0 amide bonds. The highest BCUT2D eigenvalue weighted by atomic mass is 16.4. The van der Waals surface area contributed by atoms with E-state index in [2.05, 4.69) is 15.0 Å². The second-order valence-electron chi connectivity index (χ2n) is 3.63. The third kappa shape index (κ3) is 2.25. The number of rotatable bonds is 3. The van der Waals surface area contributed by atoms with Gasteiger partial charge < -0.3 is 15.1 Å². The summed E-state index contributed by atoms with van der Waals surface area (Å²) in [5.74, 6) is -0.639. The van der Waals surface area contributed by atoms with Crippen molar-refractivity contribution in [3.05, 3.63) is 39.9 Å². The fourth-order valence-corrected chi connectivity index (χ4v) is 1.58. The number of nitrogens with one attached hydrogen (secondary N) is 2. The minimum atomic E-state index is -1.05. The normalized spacial score (nSPS) is 10.4. The van der Waals surface area contributed by atoms with Gasteiger partial charge in [0, 0.05) is 17.5 Å². The number of carbonyl (C=O) groups is 1. The van der Waals surface area contributed by atoms with Crippen LogP contribution in [-0.4, -0.2) is 26.0 Å². The number of aryl methyl sites for hydroxylation is 1. The Morgan fingerprint density at radius 2 is 2.29 bits per heavy atom. The molecule has 2 aromatic rings. The molecule has 0 radical (unpaired) electrons. The van der Waals surface area contributed by atoms with Gasteiger partial charge in [0.2, 0.25) is 0 Å². The van der Waals surface area contributed by atoms with E-state index in [-0.39, 0.29) is 12.0 Å². The van der Waals surface area contributed by atoms with Crippen LogP contribution in [0.4, 0.5) is 0 Å². The summed E-state index contributed by atoms with van der Waals surface area (Å²) in [5, 5.41) is 8.68. The number of aliphatic carboxylic acids is 1. The van der Waals surface area contributed by atoms with E-state index in [1.807, 2.05) is 0 Å². The Morgan fingerprint density at radius 1 is 1.53 bits per heavy atom. The molecular weight excluding hydrogens is 222 g/mol. The first-order valence-electron chi connectivity index (χ1n) is 5.03. The monoisotopic (exact) mass is 233 g/mol. The van der Waals surface area contributed by atoms with Crippen molar-refractivity contribution in [1.29, 1.82) is 0 Å². The molecule has 17 heavy (non-hydrogen) atoms. The van der Waals surface area contributed by atoms with Gasteiger partial charge in [-0.2, -0.15) is 0 Å². The van der Waals surface area contributed by atoms with E-state index in [1.54, 1.807) is 25.3 Å². The van der Waals surface area contributed by atoms with E-state index >= 15 is 0 Å². The number of hydrogen-bond donors (Lipinski definition) is 3. The fraction of sp³-hybridized carbons (Fsp3) is 0.182. The summed E-state index contributed by atoms with van der Waals surface area (Å²) in [7, 11) is 0. The van der Waals surface area contributed by atoms with E-state index in [9.17, 15) is 9.59 Å². The van der Waals surface area contributed by atoms with E-state index < -0.39 is 11.5 Å². The van der Waals surface area contributed by atoms with Crippen LogP contribution in [0.15, 0.2) is 23.1 Å². The first-order valence-corrected chi connectivity index (χ1v) is 5.03. The van der Waals surface area contributed by atoms with Crippen LogP contribution < -0.4 is 5.56 Å². The van der Waals surface area contributed by atoms with Crippen molar-refractivity contribution in [3.63, 3.8) is 0 Å². The van der Waals surface area contributed by atoms with Crippen LogP contribution in [-0.2, 0) is 11.2 Å². The predicted molar refractivity (Wildman–Crippen MR) is 60.7 cm³/mol. The highest BCUT2D eigenvalue weighted by Gasteiger charge is 2.12. The number of aromatic nitrogens is 3. The topological polar surface area (TPSA) is 98.8 Å². The molecule has 6 nitrogen and oxygen atoms in total. The third-order valence-corrected chi connectivity index (χ3v) is 2.40. The molecule has 0 fully saturated rings. The van der Waals surface area contributed by atoms with E-state index in [1.165, 1.54) is 0 Å². The zero-order valence-corrected chi connectivity index (χ0v) is 9.15. The number of carboxylic acid groups (broad SMARTS) is 1. The lowest BCUT2D eigenvalue weighted by Crippen LogP contribution is -2.20. The minimum Gasteiger partial charge on any atom is -0.481 e. The Kier molecular flexibility index (Phi) is 2.78. The van der Waals surface area contributed by atoms with E-state index in [0.29, 0.717) is 17.2 Å². The van der Waals surface area contributed by atoms with E-state index in [4.69, 9.17) is 5.11 Å². The summed E-state index contributed by atoms with van der Waals surface area (Å²) in [6.07, 6.45) is 1.40. The van der Waals surface area contributed by atoms with E-state index in [0.717, 1.165) is 0 Å². The van der Waals surface area contributed by atoms with Gasteiger partial charge in [0.15, 0.2) is 5.82 Å². The Labute approximate surface area is 96.3 Å². The number of aromatic amines is 2. The van der Waals surface area contributed by atoms with Gasteiger partial charge >= 0.3 is 5.97 Å². The maximum absolute atomic E-state index is 11.7. The Bertz CT molecular complexity index is 599. The molecular formula is C11H11N3O3. The zero-order valence-electron chi connectivity index (χ0n) is 9.15. The van der Waals surface area contributed by atoms with Crippen LogP contribution in [0.2, 0.25) is 0 Å². The average Bonchev–Trinajstić information content (AvgIpc) is 2.76. The molecule has 0 saturated heterocycles. The Balaban J connectivity index is 2.49. The zero-order chi connectivity index (χ0) is 12.4. The Morgan fingerprint density at radius 3 is 2.82 bits per heavy atom. The lowest BCUT2D eigenvalue weighted by atomic mass is 10.1. The molecule has 6 heteroatoms. The lowest BCUT2D eigenvalue weighted by Gasteiger charge is -2.04. The second-order valence-corrected chi connectivity index (χ2v) is 3.63. The summed E-state index contributed by atoms with van der Waals surface area (Å²) in [4.78, 5) is 32.0. The lowest BCUT2D eigenvalue weighted by molar-refractivity contribution is -0.136. The average molecular weight is 233 g/mol. The van der Waals surface area contributed by atoms with Crippen LogP contribution in [0, 0.1) is 6.92 Å². The SMILES string of the molecule is Cc1nc(-c2ccc[nH]2)[nH]c(=O)c1CC(=O)O. The van der Waals surface area contributed by atoms with Gasteiger partial charge in [-0.15, -0.1) is 0 Å². The minimum absolute atomic E-state index is 0.188. The van der Waals surface area contributed by atoms with Gasteiger partial charge in [0.25, 0.3) is 5.56 Å². The standard InChI is InChI=1S/C11H11N3O3/c1-6-7(5-9(15)16)11(17)14-10(13-6)8-3-2-4-12-8/h2-4,12H,5H2,1H3,(H,15,16)(H,13,14,17). The summed E-state index contributed by atoms with van der Waals surface area (Å²) >= 11 is 0. The number of carboxylic acids is 1. The molecule has 0 spiro atoms. The van der Waals surface area contributed by atoms with Gasteiger partial charge in [-0.05, 0) is 19.1 Å². The van der Waals surface area contributed by atoms with Crippen molar-refractivity contribution in [1.82, 2.24) is 15.0 Å². The Hall–Kier alpha value is -2.37. The van der Waals surface area contributed by atoms with Crippen molar-refractivity contribution in [2.75, 3.05) is 0 Å². The first-order chi connectivity index (χ1) is 8.08. The summed E-state index contributed by atoms with van der Waals surface area (Å²) in [6, 6.07) is 3.56. The molecule has 3 N–H and O–H groups in total. The number of hydrogen-bond acceptors (Lipinski definition) is 3. The molecule has 0 saturated carbocycles. The van der Waals surface area contributed by atoms with Crippen LogP contribution in [0.25, 0.3) is 11.5 Å². The molecule has 2 aromatic heterocycles. The van der Waals surface area contributed by atoms with Gasteiger partial charge in [-0.3, -0.25) is 9.59 Å². The van der Waals surface area contributed by atoms with Crippen LogP contribution in [0.1, 0.15) is 11.3 Å². The summed E-state index contributed by atoms with van der Waals surface area (Å²) in [5.41, 5.74) is 0.894. The second kappa shape index (κ2) is 4.25. The maximum Gasteiger partial charge on any atom is 0.308 e. The molecule has 0 aliphatic heterocycles. The molecule has 2 rings (SSSR count). The smallest absolute Gasteiger partial charge is 0.308 e. The fourth-order valence-electron chi connectivity index (χ4n) is 1.58. The quantitative estimate of drug-likeness (QED) is 0.726. The van der Waals surface area contributed by atoms with Crippen LogP contribution >= 0.6 is 0 Å². The molecule has 0 aromatic carbocycles. The first kappa shape index (κ1) is 11.1. The molecule has 88 valence electrons. The molecule has 0 aliphatic rings. The molecule has 0 bridgehead atoms. The van der Waals surface area contributed by atoms with Gasteiger partial charge in [0.1, 0.15) is 0 Å². The van der Waals surface area contributed by atoms with Crippen molar-refractivity contribution >= 4 is 5.97 Å². The van der Waals surface area contributed by atoms with Crippen LogP contribution in [0.3, 0.4) is 0 Å². The summed E-state index contributed by atoms with van der Waals surface area (Å²) in [6.45, 7) is 1.62. The largest absolute Gasteiger partial charge is 0.481 e. The van der Waals surface area contributed by atoms with Crippen molar-refractivity contribution < 1.29 is 9.90 Å².